The van der Waals surface area contributed by atoms with Crippen LogP contribution >= 0.6 is 0 Å². The molecule has 2 rings (SSSR count). The van der Waals surface area contributed by atoms with Crippen molar-refractivity contribution in [3.8, 4) is 0 Å². The molecule has 4 heteroatoms. The van der Waals surface area contributed by atoms with Gasteiger partial charge in [-0.2, -0.15) is 0 Å². The Morgan fingerprint density at radius 3 is 2.69 bits per heavy atom. The highest BCUT2D eigenvalue weighted by molar-refractivity contribution is 6.06. The molecule has 1 aromatic carbocycles. The van der Waals surface area contributed by atoms with E-state index in [2.05, 4.69) is 10.6 Å². The summed E-state index contributed by atoms with van der Waals surface area (Å²) in [5, 5.41) is 5.38. The number of hydrogen-bond acceptors (Lipinski definition) is 3. The fourth-order valence-corrected chi connectivity index (χ4v) is 1.75. The maximum atomic E-state index is 11.4. The zero-order chi connectivity index (χ0) is 11.7. The average Bonchev–Trinajstić information content (AvgIpc) is 2.51. The number of carbonyl (C=O) groups is 2. The van der Waals surface area contributed by atoms with Crippen molar-refractivity contribution in [3.05, 3.63) is 29.3 Å². The molecule has 1 saturated heterocycles. The highest BCUT2D eigenvalue weighted by Crippen LogP contribution is 2.19. The molecule has 16 heavy (non-hydrogen) atoms. The van der Waals surface area contributed by atoms with Crippen molar-refractivity contribution < 1.29 is 9.59 Å². The molecule has 0 aliphatic carbocycles. The lowest BCUT2D eigenvalue weighted by atomic mass is 10.1. The van der Waals surface area contributed by atoms with Crippen LogP contribution in [0.3, 0.4) is 0 Å². The molecule has 1 unspecified atom stereocenters. The van der Waals surface area contributed by atoms with Crippen LogP contribution in [0.25, 0.3) is 0 Å². The lowest BCUT2D eigenvalue weighted by molar-refractivity contribution is -0.124. The Morgan fingerprint density at radius 2 is 2.06 bits per heavy atom. The topological polar surface area (TPSA) is 58.2 Å². The monoisotopic (exact) mass is 218 g/mol. The number of aryl methyl sites for hydroxylation is 2. The Balaban J connectivity index is 2.18. The fourth-order valence-electron chi connectivity index (χ4n) is 1.75. The number of hydrogen-bond donors (Lipinski definition) is 2. The zero-order valence-corrected chi connectivity index (χ0v) is 9.33. The van der Waals surface area contributed by atoms with Gasteiger partial charge >= 0.3 is 0 Å². The minimum absolute atomic E-state index is 0.214. The van der Waals surface area contributed by atoms with E-state index in [9.17, 15) is 9.59 Å². The Labute approximate surface area is 94.0 Å². The maximum Gasteiger partial charge on any atom is 0.249 e. The normalized spacial score (nSPS) is 19.8. The minimum Gasteiger partial charge on any atom is -0.373 e. The van der Waals surface area contributed by atoms with Crippen molar-refractivity contribution in [2.24, 2.45) is 0 Å². The summed E-state index contributed by atoms with van der Waals surface area (Å²) in [5.41, 5.74) is 3.10. The van der Waals surface area contributed by atoms with Crippen molar-refractivity contribution >= 4 is 17.5 Å². The molecule has 1 aromatic rings. The predicted molar refractivity (Wildman–Crippen MR) is 61.1 cm³/mol. The quantitative estimate of drug-likeness (QED) is 0.732. The molecule has 0 bridgehead atoms. The van der Waals surface area contributed by atoms with Gasteiger partial charge in [-0.1, -0.05) is 12.1 Å². The van der Waals surface area contributed by atoms with E-state index in [1.165, 1.54) is 0 Å². The van der Waals surface area contributed by atoms with Gasteiger partial charge in [0.2, 0.25) is 11.8 Å². The second-order valence-corrected chi connectivity index (χ2v) is 4.13. The summed E-state index contributed by atoms with van der Waals surface area (Å²) < 4.78 is 0. The standard InChI is InChI=1S/C12H14N2O2/c1-7-3-4-8(2)9(5-7)13-10-6-11(15)14-12(10)16/h3-5,10,13H,6H2,1-2H3,(H,14,15,16). The summed E-state index contributed by atoms with van der Waals surface area (Å²) in [7, 11) is 0. The van der Waals surface area contributed by atoms with Gasteiger partial charge in [0, 0.05) is 5.69 Å². The molecule has 0 aromatic heterocycles. The lowest BCUT2D eigenvalue weighted by Crippen LogP contribution is -2.30. The number of benzene rings is 1. The van der Waals surface area contributed by atoms with Gasteiger partial charge < -0.3 is 5.32 Å². The molecule has 1 heterocycles. The molecule has 2 N–H and O–H groups in total. The summed E-state index contributed by atoms with van der Waals surface area (Å²) in [5.74, 6) is -0.460. The molecule has 2 amide bonds. The van der Waals surface area contributed by atoms with Gasteiger partial charge in [-0.15, -0.1) is 0 Å². The van der Waals surface area contributed by atoms with Crippen LogP contribution in [-0.2, 0) is 9.59 Å². The van der Waals surface area contributed by atoms with Gasteiger partial charge in [0.15, 0.2) is 0 Å². The van der Waals surface area contributed by atoms with Crippen LogP contribution in [0.4, 0.5) is 5.69 Å². The molecule has 1 aliphatic rings. The van der Waals surface area contributed by atoms with Gasteiger partial charge in [-0.25, -0.2) is 0 Å². The van der Waals surface area contributed by atoms with E-state index in [0.717, 1.165) is 16.8 Å². The minimum atomic E-state index is -0.437. The van der Waals surface area contributed by atoms with E-state index in [-0.39, 0.29) is 18.2 Å². The molecule has 1 atom stereocenters. The summed E-state index contributed by atoms with van der Waals surface area (Å²) in [6, 6.07) is 5.55. The molecule has 0 saturated carbocycles. The number of imide groups is 1. The van der Waals surface area contributed by atoms with E-state index < -0.39 is 6.04 Å². The van der Waals surface area contributed by atoms with Crippen LogP contribution in [0.2, 0.25) is 0 Å². The number of nitrogens with one attached hydrogen (secondary N) is 2. The SMILES string of the molecule is Cc1ccc(C)c(NC2CC(=O)NC2=O)c1. The van der Waals surface area contributed by atoms with Crippen molar-refractivity contribution in [2.75, 3.05) is 5.32 Å². The van der Waals surface area contributed by atoms with Crippen molar-refractivity contribution in [2.45, 2.75) is 26.3 Å². The predicted octanol–water partition coefficient (Wildman–Crippen LogP) is 1.13. The smallest absolute Gasteiger partial charge is 0.249 e. The lowest BCUT2D eigenvalue weighted by Gasteiger charge is -2.13. The van der Waals surface area contributed by atoms with Crippen LogP contribution in [0.1, 0.15) is 17.5 Å². The third-order valence-electron chi connectivity index (χ3n) is 2.69. The van der Waals surface area contributed by atoms with Crippen LogP contribution in [0, 0.1) is 13.8 Å². The number of amides is 2. The average molecular weight is 218 g/mol. The van der Waals surface area contributed by atoms with E-state index in [4.69, 9.17) is 0 Å². The first-order valence-corrected chi connectivity index (χ1v) is 5.24. The molecule has 4 nitrogen and oxygen atoms in total. The van der Waals surface area contributed by atoms with E-state index in [1.54, 1.807) is 0 Å². The maximum absolute atomic E-state index is 11.4. The van der Waals surface area contributed by atoms with Crippen molar-refractivity contribution in [3.63, 3.8) is 0 Å². The van der Waals surface area contributed by atoms with Crippen molar-refractivity contribution in [1.29, 1.82) is 0 Å². The third kappa shape index (κ3) is 2.05. The molecule has 1 fully saturated rings. The van der Waals surface area contributed by atoms with Crippen LogP contribution in [0.15, 0.2) is 18.2 Å². The van der Waals surface area contributed by atoms with Crippen molar-refractivity contribution in [1.82, 2.24) is 5.32 Å². The first-order valence-electron chi connectivity index (χ1n) is 5.24. The summed E-state index contributed by atoms with van der Waals surface area (Å²) in [4.78, 5) is 22.4. The molecule has 0 spiro atoms. The highest BCUT2D eigenvalue weighted by Gasteiger charge is 2.30. The fraction of sp³-hybridized carbons (Fsp3) is 0.333. The van der Waals surface area contributed by atoms with E-state index in [0.29, 0.717) is 0 Å². The molecular weight excluding hydrogens is 204 g/mol. The Hall–Kier alpha value is -1.84. The summed E-state index contributed by atoms with van der Waals surface area (Å²) in [6.07, 6.45) is 0.214. The first-order chi connectivity index (χ1) is 7.56. The Bertz CT molecular complexity index is 454. The third-order valence-corrected chi connectivity index (χ3v) is 2.69. The highest BCUT2D eigenvalue weighted by atomic mass is 16.2. The second-order valence-electron chi connectivity index (χ2n) is 4.13. The largest absolute Gasteiger partial charge is 0.373 e. The zero-order valence-electron chi connectivity index (χ0n) is 9.33. The Morgan fingerprint density at radius 1 is 1.31 bits per heavy atom. The first kappa shape index (κ1) is 10.7. The molecular formula is C12H14N2O2. The van der Waals surface area contributed by atoms with E-state index in [1.807, 2.05) is 32.0 Å². The molecule has 84 valence electrons. The van der Waals surface area contributed by atoms with Crippen LogP contribution < -0.4 is 10.6 Å². The second kappa shape index (κ2) is 3.96. The van der Waals surface area contributed by atoms with Crippen LogP contribution in [0.5, 0.6) is 0 Å². The van der Waals surface area contributed by atoms with Gasteiger partial charge in [-0.05, 0) is 31.0 Å². The number of anilines is 1. The van der Waals surface area contributed by atoms with E-state index >= 15 is 0 Å². The van der Waals surface area contributed by atoms with Gasteiger partial charge in [0.25, 0.3) is 0 Å². The molecule has 0 radical (unpaired) electrons. The van der Waals surface area contributed by atoms with Gasteiger partial charge in [0.05, 0.1) is 6.42 Å². The Kier molecular flexibility index (Phi) is 2.64. The van der Waals surface area contributed by atoms with Gasteiger partial charge in [-0.3, -0.25) is 14.9 Å². The number of rotatable bonds is 2. The summed E-state index contributed by atoms with van der Waals surface area (Å²) >= 11 is 0. The van der Waals surface area contributed by atoms with Gasteiger partial charge in [0.1, 0.15) is 6.04 Å². The molecule has 1 aliphatic heterocycles. The van der Waals surface area contributed by atoms with Crippen LogP contribution in [-0.4, -0.2) is 17.9 Å². The number of carbonyl (C=O) groups excluding carboxylic acids is 2. The summed E-state index contributed by atoms with van der Waals surface area (Å²) in [6.45, 7) is 3.96.